The summed E-state index contributed by atoms with van der Waals surface area (Å²) in [5.41, 5.74) is 5.22. The van der Waals surface area contributed by atoms with Gasteiger partial charge in [0.1, 0.15) is 6.04 Å². The fourth-order valence-electron chi connectivity index (χ4n) is 0.847. The molecule has 0 saturated heterocycles. The molecule has 0 bridgehead atoms. The third-order valence-electron chi connectivity index (χ3n) is 1.44. The van der Waals surface area contributed by atoms with E-state index in [9.17, 15) is 4.79 Å². The zero-order chi connectivity index (χ0) is 8.85. The van der Waals surface area contributed by atoms with Gasteiger partial charge in [0, 0.05) is 13.1 Å². The van der Waals surface area contributed by atoms with Crippen molar-refractivity contribution in [1.29, 1.82) is 0 Å². The van der Waals surface area contributed by atoms with E-state index in [4.69, 9.17) is 10.8 Å². The van der Waals surface area contributed by atoms with Crippen molar-refractivity contribution in [1.82, 2.24) is 5.32 Å². The predicted molar refractivity (Wildman–Crippen MR) is 43.3 cm³/mol. The highest BCUT2D eigenvalue weighted by atomic mass is 16.4. The highest BCUT2D eigenvalue weighted by Gasteiger charge is 2.19. The number of nitrogens with one attached hydrogen (secondary N) is 1. The highest BCUT2D eigenvalue weighted by Crippen LogP contribution is 2.00. The van der Waals surface area contributed by atoms with Gasteiger partial charge in [-0.2, -0.15) is 0 Å². The van der Waals surface area contributed by atoms with Crippen LogP contribution in [-0.2, 0) is 4.79 Å². The number of nitrogens with two attached hydrogens (primary N) is 1. The summed E-state index contributed by atoms with van der Waals surface area (Å²) < 4.78 is 0. The van der Waals surface area contributed by atoms with Gasteiger partial charge in [-0.05, 0) is 5.92 Å². The smallest absolute Gasteiger partial charge is 0.320 e. The Morgan fingerprint density at radius 1 is 1.64 bits per heavy atom. The van der Waals surface area contributed by atoms with Crippen molar-refractivity contribution in [2.75, 3.05) is 13.1 Å². The predicted octanol–water partition coefficient (Wildman–Crippen LogP) is -0.356. The third kappa shape index (κ3) is 3.95. The molecule has 4 nitrogen and oxygen atoms in total. The van der Waals surface area contributed by atoms with Gasteiger partial charge in [0.15, 0.2) is 0 Å². The lowest BCUT2D eigenvalue weighted by atomic mass is 10.1. The number of carboxylic acids is 1. The standard InChI is InChI=1S/C7H16N2O2/c1-5(2)6(7(10)11)9-4-3-8/h5-6,9H,3-4,8H2,1-2H3,(H,10,11). The lowest BCUT2D eigenvalue weighted by Crippen LogP contribution is -2.43. The topological polar surface area (TPSA) is 75.3 Å². The van der Waals surface area contributed by atoms with E-state index in [0.29, 0.717) is 13.1 Å². The van der Waals surface area contributed by atoms with E-state index in [-0.39, 0.29) is 5.92 Å². The number of hydrogen-bond acceptors (Lipinski definition) is 3. The van der Waals surface area contributed by atoms with Gasteiger partial charge in [0.2, 0.25) is 0 Å². The average Bonchev–Trinajstić information content (AvgIpc) is 1.87. The number of carboxylic acid groups (broad SMARTS) is 1. The number of aliphatic carboxylic acids is 1. The van der Waals surface area contributed by atoms with Crippen LogP contribution in [0.15, 0.2) is 0 Å². The van der Waals surface area contributed by atoms with E-state index in [1.165, 1.54) is 0 Å². The third-order valence-corrected chi connectivity index (χ3v) is 1.44. The van der Waals surface area contributed by atoms with Gasteiger partial charge in [0.05, 0.1) is 0 Å². The lowest BCUT2D eigenvalue weighted by molar-refractivity contribution is -0.140. The SMILES string of the molecule is CC(C)C(NCCN)C(=O)O. The summed E-state index contributed by atoms with van der Waals surface area (Å²) in [6, 6.07) is -0.474. The monoisotopic (exact) mass is 160 g/mol. The maximum Gasteiger partial charge on any atom is 0.320 e. The summed E-state index contributed by atoms with van der Waals surface area (Å²) in [5, 5.41) is 11.5. The molecule has 4 N–H and O–H groups in total. The first-order valence-corrected chi connectivity index (χ1v) is 3.75. The second kappa shape index (κ2) is 5.09. The van der Waals surface area contributed by atoms with Crippen LogP contribution in [0.5, 0.6) is 0 Å². The quantitative estimate of drug-likeness (QED) is 0.513. The maximum absolute atomic E-state index is 10.5. The van der Waals surface area contributed by atoms with Crippen molar-refractivity contribution in [3.05, 3.63) is 0 Å². The zero-order valence-corrected chi connectivity index (χ0v) is 7.00. The molecule has 4 heteroatoms. The molecule has 1 atom stereocenters. The molecule has 0 aliphatic carbocycles. The summed E-state index contributed by atoms with van der Waals surface area (Å²) in [6.45, 7) is 4.75. The highest BCUT2D eigenvalue weighted by molar-refractivity contribution is 5.73. The second-order valence-corrected chi connectivity index (χ2v) is 2.80. The molecule has 0 rings (SSSR count). The normalized spacial score (nSPS) is 13.5. The van der Waals surface area contributed by atoms with Gasteiger partial charge in [0.25, 0.3) is 0 Å². The van der Waals surface area contributed by atoms with Crippen LogP contribution in [0, 0.1) is 5.92 Å². The number of hydrogen-bond donors (Lipinski definition) is 3. The van der Waals surface area contributed by atoms with E-state index in [2.05, 4.69) is 5.32 Å². The van der Waals surface area contributed by atoms with Crippen LogP contribution in [0.3, 0.4) is 0 Å². The molecule has 0 saturated carbocycles. The Morgan fingerprint density at radius 2 is 2.18 bits per heavy atom. The van der Waals surface area contributed by atoms with Gasteiger partial charge in [-0.25, -0.2) is 0 Å². The van der Waals surface area contributed by atoms with Crippen LogP contribution in [0.4, 0.5) is 0 Å². The van der Waals surface area contributed by atoms with E-state index < -0.39 is 12.0 Å². The first-order chi connectivity index (χ1) is 5.09. The molecule has 0 aromatic heterocycles. The zero-order valence-electron chi connectivity index (χ0n) is 7.00. The summed E-state index contributed by atoms with van der Waals surface area (Å²) >= 11 is 0. The fraction of sp³-hybridized carbons (Fsp3) is 0.857. The van der Waals surface area contributed by atoms with Gasteiger partial charge < -0.3 is 16.2 Å². The minimum atomic E-state index is -0.812. The number of rotatable bonds is 5. The molecule has 0 heterocycles. The van der Waals surface area contributed by atoms with Crippen molar-refractivity contribution in [2.45, 2.75) is 19.9 Å². The molecule has 0 aliphatic heterocycles. The largest absolute Gasteiger partial charge is 0.480 e. The Morgan fingerprint density at radius 3 is 2.45 bits per heavy atom. The summed E-state index contributed by atoms with van der Waals surface area (Å²) in [7, 11) is 0. The average molecular weight is 160 g/mol. The number of carbonyl (C=O) groups is 1. The summed E-state index contributed by atoms with van der Waals surface area (Å²) in [6.07, 6.45) is 0. The van der Waals surface area contributed by atoms with Crippen molar-refractivity contribution in [3.63, 3.8) is 0 Å². The molecule has 0 aromatic rings. The molecule has 0 amide bonds. The summed E-state index contributed by atoms with van der Waals surface area (Å²) in [4.78, 5) is 10.5. The van der Waals surface area contributed by atoms with Crippen LogP contribution in [0.25, 0.3) is 0 Å². The van der Waals surface area contributed by atoms with Gasteiger partial charge in [-0.1, -0.05) is 13.8 Å². The van der Waals surface area contributed by atoms with Crippen molar-refractivity contribution in [2.24, 2.45) is 11.7 Å². The molecule has 0 radical (unpaired) electrons. The summed E-state index contributed by atoms with van der Waals surface area (Å²) in [5.74, 6) is -0.715. The lowest BCUT2D eigenvalue weighted by Gasteiger charge is -2.16. The van der Waals surface area contributed by atoms with Crippen molar-refractivity contribution < 1.29 is 9.90 Å². The molecular formula is C7H16N2O2. The van der Waals surface area contributed by atoms with Crippen molar-refractivity contribution >= 4 is 5.97 Å². The fourth-order valence-corrected chi connectivity index (χ4v) is 0.847. The van der Waals surface area contributed by atoms with E-state index in [1.807, 2.05) is 13.8 Å². The Labute approximate surface area is 66.8 Å². The second-order valence-electron chi connectivity index (χ2n) is 2.80. The van der Waals surface area contributed by atoms with Crippen molar-refractivity contribution in [3.8, 4) is 0 Å². The van der Waals surface area contributed by atoms with Crippen LogP contribution in [0.2, 0.25) is 0 Å². The van der Waals surface area contributed by atoms with Gasteiger partial charge >= 0.3 is 5.97 Å². The van der Waals surface area contributed by atoms with Gasteiger partial charge in [-0.3, -0.25) is 4.79 Å². The molecule has 66 valence electrons. The Balaban J connectivity index is 3.80. The minimum absolute atomic E-state index is 0.0963. The van der Waals surface area contributed by atoms with E-state index >= 15 is 0 Å². The molecule has 0 aromatic carbocycles. The molecule has 1 unspecified atom stereocenters. The maximum atomic E-state index is 10.5. The Bertz CT molecular complexity index is 126. The molecule has 0 spiro atoms. The van der Waals surface area contributed by atoms with Crippen LogP contribution in [0.1, 0.15) is 13.8 Å². The van der Waals surface area contributed by atoms with E-state index in [1.54, 1.807) is 0 Å². The molecular weight excluding hydrogens is 144 g/mol. The molecule has 0 fully saturated rings. The Hall–Kier alpha value is -0.610. The minimum Gasteiger partial charge on any atom is -0.480 e. The van der Waals surface area contributed by atoms with Gasteiger partial charge in [-0.15, -0.1) is 0 Å². The molecule has 0 aliphatic rings. The van der Waals surface area contributed by atoms with Crippen LogP contribution in [-0.4, -0.2) is 30.2 Å². The van der Waals surface area contributed by atoms with Crippen LogP contribution >= 0.6 is 0 Å². The Kier molecular flexibility index (Phi) is 4.81. The van der Waals surface area contributed by atoms with Crippen LogP contribution < -0.4 is 11.1 Å². The van der Waals surface area contributed by atoms with E-state index in [0.717, 1.165) is 0 Å². The first kappa shape index (κ1) is 10.4. The molecule has 11 heavy (non-hydrogen) atoms. The first-order valence-electron chi connectivity index (χ1n) is 3.75.